The average Bonchev–Trinajstić information content (AvgIpc) is 2.91. The molecule has 0 bridgehead atoms. The van der Waals surface area contributed by atoms with Crippen LogP contribution in [0, 0.1) is 0 Å². The van der Waals surface area contributed by atoms with Crippen LogP contribution in [0.5, 0.6) is 28.7 Å². The minimum Gasteiger partial charge on any atom is -0.507 e. The van der Waals surface area contributed by atoms with Crippen LogP contribution in [0.1, 0.15) is 54.0 Å². The largest absolute Gasteiger partial charge is 0.507 e. The van der Waals surface area contributed by atoms with Crippen molar-refractivity contribution in [1.29, 1.82) is 0 Å². The second kappa shape index (κ2) is 9.33. The van der Waals surface area contributed by atoms with E-state index < -0.39 is 18.3 Å². The van der Waals surface area contributed by atoms with E-state index in [0.717, 1.165) is 23.0 Å². The van der Waals surface area contributed by atoms with Gasteiger partial charge in [0.2, 0.25) is 0 Å². The summed E-state index contributed by atoms with van der Waals surface area (Å²) in [5.41, 5.74) is 4.64. The zero-order chi connectivity index (χ0) is 27.9. The van der Waals surface area contributed by atoms with Crippen LogP contribution in [-0.4, -0.2) is 68.0 Å². The Balaban J connectivity index is 1.59. The van der Waals surface area contributed by atoms with E-state index in [1.54, 1.807) is 0 Å². The molecule has 9 nitrogen and oxygen atoms in total. The molecule has 10 heteroatoms. The fourth-order valence-electron chi connectivity index (χ4n) is 6.63. The Labute approximate surface area is 234 Å². The molecule has 3 atom stereocenters. The number of rotatable bonds is 3. The molecular weight excluding hydrogens is 570 g/mol. The number of phenols is 3. The van der Waals surface area contributed by atoms with E-state index in [-0.39, 0.29) is 41.6 Å². The fourth-order valence-corrected chi connectivity index (χ4v) is 7.55. The fraction of sp³-hybridized carbons (Fsp3) is 0.448. The molecule has 6 rings (SSSR count). The maximum absolute atomic E-state index is 11.7. The highest BCUT2D eigenvalue weighted by Crippen LogP contribution is 2.59. The molecule has 6 N–H and O–H groups in total. The highest BCUT2D eigenvalue weighted by Gasteiger charge is 2.43. The lowest BCUT2D eigenvalue weighted by Crippen LogP contribution is -2.42. The minimum absolute atomic E-state index is 0.0137. The molecule has 0 saturated carbocycles. The van der Waals surface area contributed by atoms with Gasteiger partial charge in [0.05, 0.1) is 13.2 Å². The summed E-state index contributed by atoms with van der Waals surface area (Å²) in [6, 6.07) is 0. The first kappa shape index (κ1) is 26.3. The van der Waals surface area contributed by atoms with E-state index in [9.17, 15) is 30.6 Å². The first-order valence-corrected chi connectivity index (χ1v) is 14.0. The minimum atomic E-state index is -1.26. The molecular formula is C29H32BrNO8. The lowest BCUT2D eigenvalue weighted by atomic mass is 9.77. The van der Waals surface area contributed by atoms with Crippen LogP contribution in [0.4, 0.5) is 0 Å². The van der Waals surface area contributed by atoms with Gasteiger partial charge in [0, 0.05) is 81.1 Å². The Hall–Kier alpha value is -2.92. The summed E-state index contributed by atoms with van der Waals surface area (Å²) in [4.78, 5) is 2.04. The summed E-state index contributed by atoms with van der Waals surface area (Å²) < 4.78 is 12.6. The number of allylic oxidation sites excluding steroid dienone is 1. The van der Waals surface area contributed by atoms with Crippen LogP contribution < -0.4 is 9.47 Å². The van der Waals surface area contributed by atoms with Gasteiger partial charge < -0.3 is 45.0 Å². The molecule has 0 radical (unpaired) electrons. The van der Waals surface area contributed by atoms with Crippen LogP contribution >= 0.6 is 15.9 Å². The van der Waals surface area contributed by atoms with Gasteiger partial charge in [0.15, 0.2) is 11.5 Å². The first-order chi connectivity index (χ1) is 18.6. The summed E-state index contributed by atoms with van der Waals surface area (Å²) in [5.74, 6) is 0.665. The number of fused-ring (bicyclic) bond motifs is 5. The second-order valence-corrected chi connectivity index (χ2v) is 11.5. The van der Waals surface area contributed by atoms with Gasteiger partial charge in [0.25, 0.3) is 0 Å². The Morgan fingerprint density at radius 1 is 0.949 bits per heavy atom. The predicted octanol–water partition coefficient (Wildman–Crippen LogP) is 3.56. The molecule has 3 unspecified atom stereocenters. The SMILES string of the molecule is CCCC1=C(Br)c2c(O)c3c(c(O)c2CN1C)-c1c(O)c2c(c(OC)c1CC3)OC1=C(C2)C(O)C(O)CC1O. The summed E-state index contributed by atoms with van der Waals surface area (Å²) >= 11 is 3.69. The van der Waals surface area contributed by atoms with Gasteiger partial charge in [-0.15, -0.1) is 0 Å². The van der Waals surface area contributed by atoms with Crippen molar-refractivity contribution in [3.8, 4) is 39.9 Å². The van der Waals surface area contributed by atoms with Crippen LogP contribution in [0.15, 0.2) is 17.0 Å². The van der Waals surface area contributed by atoms with Gasteiger partial charge >= 0.3 is 0 Å². The summed E-state index contributed by atoms with van der Waals surface area (Å²) in [6.45, 7) is 2.47. The molecule has 0 aromatic heterocycles. The quantitative estimate of drug-likeness (QED) is 0.291. The molecule has 0 spiro atoms. The van der Waals surface area contributed by atoms with Crippen molar-refractivity contribution in [2.75, 3.05) is 14.2 Å². The number of halogens is 1. The number of aliphatic hydroxyl groups is 3. The van der Waals surface area contributed by atoms with Crippen LogP contribution in [0.25, 0.3) is 15.6 Å². The van der Waals surface area contributed by atoms with Crippen molar-refractivity contribution >= 4 is 20.4 Å². The Bertz CT molecular complexity index is 1480. The standard InChI is InChI=1S/C29H32BrNO8/c1-4-5-16-22(30)21-15(10-31(16)2)26(37)19-11(24(21)35)6-7-12-20(19)25(36)14-8-13-23(34)17(32)9-18(33)27(13)39-29(14)28(12)38-3/h17-18,23,32-37H,4-10H2,1-3H3. The summed E-state index contributed by atoms with van der Waals surface area (Å²) in [5, 5.41) is 66.4. The lowest BCUT2D eigenvalue weighted by Gasteiger charge is -2.38. The number of hydrogen-bond acceptors (Lipinski definition) is 9. The monoisotopic (exact) mass is 601 g/mol. The van der Waals surface area contributed by atoms with Crippen LogP contribution in [-0.2, 0) is 25.8 Å². The molecule has 2 aliphatic carbocycles. The molecule has 2 aliphatic heterocycles. The van der Waals surface area contributed by atoms with E-state index in [1.807, 2.05) is 11.9 Å². The number of hydrogen-bond donors (Lipinski definition) is 6. The zero-order valence-electron chi connectivity index (χ0n) is 22.0. The number of ether oxygens (including phenoxy) is 2. The number of aliphatic hydroxyl groups excluding tert-OH is 3. The molecule has 4 aliphatic rings. The molecule has 2 aromatic carbocycles. The van der Waals surface area contributed by atoms with Gasteiger partial charge in [0.1, 0.15) is 35.2 Å². The molecule has 2 aromatic rings. The maximum atomic E-state index is 11.7. The van der Waals surface area contributed by atoms with Gasteiger partial charge in [-0.3, -0.25) is 0 Å². The Morgan fingerprint density at radius 2 is 1.59 bits per heavy atom. The molecule has 208 valence electrons. The van der Waals surface area contributed by atoms with E-state index >= 15 is 0 Å². The topological polar surface area (TPSA) is 143 Å². The predicted molar refractivity (Wildman–Crippen MR) is 147 cm³/mol. The Morgan fingerprint density at radius 3 is 2.28 bits per heavy atom. The van der Waals surface area contributed by atoms with Crippen molar-refractivity contribution < 1.29 is 40.1 Å². The number of phenolic OH excluding ortho intramolecular Hbond substituents is 3. The third-order valence-electron chi connectivity index (χ3n) is 8.51. The molecule has 2 heterocycles. The van der Waals surface area contributed by atoms with Crippen molar-refractivity contribution in [3.05, 3.63) is 44.8 Å². The van der Waals surface area contributed by atoms with E-state index in [2.05, 4.69) is 22.9 Å². The Kier molecular flexibility index (Phi) is 6.29. The normalized spacial score (nSPS) is 23.5. The van der Waals surface area contributed by atoms with Crippen LogP contribution in [0.3, 0.4) is 0 Å². The third kappa shape index (κ3) is 3.61. The number of methoxy groups -OCH3 is 1. The highest BCUT2D eigenvalue weighted by molar-refractivity contribution is 9.15. The molecule has 0 fully saturated rings. The molecule has 0 amide bonds. The zero-order valence-corrected chi connectivity index (χ0v) is 23.6. The number of aromatic hydroxyl groups is 3. The third-order valence-corrected chi connectivity index (χ3v) is 9.36. The highest BCUT2D eigenvalue weighted by atomic mass is 79.9. The molecule has 0 saturated heterocycles. The maximum Gasteiger partial charge on any atom is 0.176 e. The summed E-state index contributed by atoms with van der Waals surface area (Å²) in [6.07, 6.45) is -1.05. The van der Waals surface area contributed by atoms with Crippen molar-refractivity contribution in [2.24, 2.45) is 0 Å². The van der Waals surface area contributed by atoms with Gasteiger partial charge in [-0.25, -0.2) is 0 Å². The number of benzene rings is 2. The van der Waals surface area contributed by atoms with Gasteiger partial charge in [-0.05, 0) is 35.2 Å². The first-order valence-electron chi connectivity index (χ1n) is 13.2. The smallest absolute Gasteiger partial charge is 0.176 e. The van der Waals surface area contributed by atoms with Crippen molar-refractivity contribution in [1.82, 2.24) is 4.90 Å². The van der Waals surface area contributed by atoms with Gasteiger partial charge in [-0.2, -0.15) is 0 Å². The van der Waals surface area contributed by atoms with E-state index in [0.29, 0.717) is 69.7 Å². The average molecular weight is 602 g/mol. The van der Waals surface area contributed by atoms with Crippen molar-refractivity contribution in [2.45, 2.75) is 70.3 Å². The summed E-state index contributed by atoms with van der Waals surface area (Å²) in [7, 11) is 3.43. The second-order valence-electron chi connectivity index (χ2n) is 10.7. The van der Waals surface area contributed by atoms with E-state index in [4.69, 9.17) is 9.47 Å². The lowest BCUT2D eigenvalue weighted by molar-refractivity contribution is -0.0165. The van der Waals surface area contributed by atoms with Gasteiger partial charge in [-0.1, -0.05) is 13.3 Å². The number of nitrogens with zero attached hydrogens (tertiary/aromatic N) is 1. The van der Waals surface area contributed by atoms with Crippen molar-refractivity contribution in [3.63, 3.8) is 0 Å². The van der Waals surface area contributed by atoms with E-state index in [1.165, 1.54) is 7.11 Å². The molecule has 39 heavy (non-hydrogen) atoms. The van der Waals surface area contributed by atoms with Crippen LogP contribution in [0.2, 0.25) is 0 Å².